The van der Waals surface area contributed by atoms with Crippen LogP contribution in [-0.2, 0) is 23.6 Å². The highest BCUT2D eigenvalue weighted by Crippen LogP contribution is 2.28. The third kappa shape index (κ3) is 3.56. The van der Waals surface area contributed by atoms with E-state index in [-0.39, 0.29) is 11.8 Å². The molecule has 0 aromatic carbocycles. The van der Waals surface area contributed by atoms with Gasteiger partial charge < -0.3 is 9.88 Å². The largest absolute Gasteiger partial charge is 0.364 e. The van der Waals surface area contributed by atoms with Crippen molar-refractivity contribution in [3.8, 4) is 11.4 Å². The van der Waals surface area contributed by atoms with Gasteiger partial charge in [-0.05, 0) is 33.6 Å². The first-order valence-electron chi connectivity index (χ1n) is 10.3. The number of rotatable bonds is 6. The smallest absolute Gasteiger partial charge is 0.213 e. The molecule has 0 aliphatic carbocycles. The highest BCUT2D eigenvalue weighted by Gasteiger charge is 2.28. The Balaban J connectivity index is 1.66. The molecule has 3 aromatic rings. The van der Waals surface area contributed by atoms with Crippen molar-refractivity contribution in [1.82, 2.24) is 33.6 Å². The van der Waals surface area contributed by atoms with Crippen LogP contribution < -0.4 is 5.32 Å². The number of aromatic nitrogens is 6. The molecule has 1 fully saturated rings. The van der Waals surface area contributed by atoms with E-state index in [4.69, 9.17) is 4.98 Å². The second kappa shape index (κ2) is 7.95. The Kier molecular flexibility index (Phi) is 5.49. The van der Waals surface area contributed by atoms with Crippen molar-refractivity contribution >= 4 is 27.0 Å². The highest BCUT2D eigenvalue weighted by molar-refractivity contribution is 7.89. The average molecular weight is 433 g/mol. The third-order valence-electron chi connectivity index (χ3n) is 5.78. The van der Waals surface area contributed by atoms with Crippen LogP contribution in [0.25, 0.3) is 22.6 Å². The van der Waals surface area contributed by atoms with Gasteiger partial charge in [-0.2, -0.15) is 9.40 Å². The molecular weight excluding hydrogens is 404 g/mol. The van der Waals surface area contributed by atoms with Crippen LogP contribution in [0.1, 0.15) is 32.4 Å². The molecule has 4 rings (SSSR count). The van der Waals surface area contributed by atoms with Gasteiger partial charge in [-0.3, -0.25) is 4.68 Å². The van der Waals surface area contributed by atoms with Gasteiger partial charge in [-0.25, -0.2) is 23.4 Å². The summed E-state index contributed by atoms with van der Waals surface area (Å²) < 4.78 is 30.0. The summed E-state index contributed by atoms with van der Waals surface area (Å²) in [7, 11) is -1.27. The predicted molar refractivity (Wildman–Crippen MR) is 116 cm³/mol. The van der Waals surface area contributed by atoms with Gasteiger partial charge in [0.15, 0.2) is 17.0 Å². The van der Waals surface area contributed by atoms with Crippen molar-refractivity contribution < 1.29 is 8.42 Å². The molecule has 1 unspecified atom stereocenters. The molecule has 0 spiro atoms. The Hall–Kier alpha value is -2.53. The molecule has 1 atom stereocenters. The maximum atomic E-state index is 12.3. The lowest BCUT2D eigenvalue weighted by atomic mass is 10.1. The van der Waals surface area contributed by atoms with E-state index < -0.39 is 10.0 Å². The van der Waals surface area contributed by atoms with Crippen LogP contribution in [0.3, 0.4) is 0 Å². The first-order chi connectivity index (χ1) is 14.4. The number of sulfonamides is 1. The van der Waals surface area contributed by atoms with Gasteiger partial charge in [-0.15, -0.1) is 0 Å². The molecule has 30 heavy (non-hydrogen) atoms. The summed E-state index contributed by atoms with van der Waals surface area (Å²) >= 11 is 0. The number of fused-ring (bicyclic) bond motifs is 1. The summed E-state index contributed by atoms with van der Waals surface area (Å²) in [5.74, 6) is 1.53. The van der Waals surface area contributed by atoms with E-state index in [9.17, 15) is 8.42 Å². The van der Waals surface area contributed by atoms with Crippen molar-refractivity contribution in [1.29, 1.82) is 0 Å². The van der Waals surface area contributed by atoms with Crippen molar-refractivity contribution in [2.75, 3.05) is 24.2 Å². The maximum Gasteiger partial charge on any atom is 0.213 e. The summed E-state index contributed by atoms with van der Waals surface area (Å²) in [6.45, 7) is 7.56. The van der Waals surface area contributed by atoms with Crippen molar-refractivity contribution in [2.24, 2.45) is 7.05 Å². The molecule has 1 aliphatic heterocycles. The molecule has 0 amide bonds. The summed E-state index contributed by atoms with van der Waals surface area (Å²) in [5, 5.41) is 7.85. The monoisotopic (exact) mass is 432 g/mol. The van der Waals surface area contributed by atoms with Gasteiger partial charge in [-0.1, -0.05) is 0 Å². The predicted octanol–water partition coefficient (Wildman–Crippen LogP) is 1.78. The Labute approximate surface area is 176 Å². The van der Waals surface area contributed by atoms with E-state index in [1.165, 1.54) is 6.33 Å². The first-order valence-corrected chi connectivity index (χ1v) is 11.9. The lowest BCUT2D eigenvalue weighted by Crippen LogP contribution is -2.45. The zero-order valence-corrected chi connectivity index (χ0v) is 18.6. The van der Waals surface area contributed by atoms with E-state index >= 15 is 0 Å². The minimum absolute atomic E-state index is 0.0202. The number of imidazole rings is 1. The minimum Gasteiger partial charge on any atom is -0.364 e. The van der Waals surface area contributed by atoms with E-state index in [1.807, 2.05) is 29.4 Å². The van der Waals surface area contributed by atoms with E-state index in [1.54, 1.807) is 11.2 Å². The zero-order valence-electron chi connectivity index (χ0n) is 17.8. The van der Waals surface area contributed by atoms with Crippen LogP contribution in [0.4, 0.5) is 5.82 Å². The van der Waals surface area contributed by atoms with E-state index in [0.29, 0.717) is 24.4 Å². The first kappa shape index (κ1) is 20.7. The fourth-order valence-electron chi connectivity index (χ4n) is 4.02. The fourth-order valence-corrected chi connectivity index (χ4v) is 5.20. The quantitative estimate of drug-likeness (QED) is 0.632. The normalized spacial score (nSPS) is 18.2. The molecule has 0 bridgehead atoms. The second-order valence-electron chi connectivity index (χ2n) is 7.59. The number of nitrogens with one attached hydrogen (secondary N) is 1. The summed E-state index contributed by atoms with van der Waals surface area (Å²) in [5.41, 5.74) is 3.40. The second-order valence-corrected chi connectivity index (χ2v) is 9.85. The minimum atomic E-state index is -3.20. The number of piperidine rings is 1. The Morgan fingerprint density at radius 2 is 2.07 bits per heavy atom. The number of hydrogen-bond donors (Lipinski definition) is 1. The van der Waals surface area contributed by atoms with Crippen LogP contribution >= 0.6 is 0 Å². The van der Waals surface area contributed by atoms with Gasteiger partial charge in [0.25, 0.3) is 0 Å². The molecule has 11 heteroatoms. The van der Waals surface area contributed by atoms with Gasteiger partial charge >= 0.3 is 0 Å². The van der Waals surface area contributed by atoms with Crippen LogP contribution in [0.15, 0.2) is 12.5 Å². The molecule has 3 aromatic heterocycles. The van der Waals surface area contributed by atoms with Crippen molar-refractivity contribution in [2.45, 2.75) is 46.2 Å². The summed E-state index contributed by atoms with van der Waals surface area (Å²) in [4.78, 5) is 13.7. The molecule has 0 saturated carbocycles. The molecule has 1 aliphatic rings. The van der Waals surface area contributed by atoms with E-state index in [2.05, 4.69) is 27.3 Å². The van der Waals surface area contributed by atoms with Crippen molar-refractivity contribution in [3.63, 3.8) is 0 Å². The van der Waals surface area contributed by atoms with Crippen LogP contribution in [0.2, 0.25) is 0 Å². The summed E-state index contributed by atoms with van der Waals surface area (Å²) in [6, 6.07) is -0.0202. The number of aryl methyl sites for hydroxylation is 2. The number of anilines is 1. The Morgan fingerprint density at radius 3 is 2.77 bits per heavy atom. The van der Waals surface area contributed by atoms with Gasteiger partial charge in [0.1, 0.15) is 12.2 Å². The Morgan fingerprint density at radius 1 is 1.27 bits per heavy atom. The molecule has 1 saturated heterocycles. The Bertz CT molecular complexity index is 1170. The molecular formula is C19H28N8O2S. The average Bonchev–Trinajstić information content (AvgIpc) is 3.28. The topological polar surface area (TPSA) is 111 Å². The van der Waals surface area contributed by atoms with Gasteiger partial charge in [0.2, 0.25) is 10.0 Å². The fraction of sp³-hybridized carbons (Fsp3) is 0.579. The highest BCUT2D eigenvalue weighted by atomic mass is 32.2. The number of nitrogens with zero attached hydrogens (tertiary/aromatic N) is 7. The van der Waals surface area contributed by atoms with Gasteiger partial charge in [0.05, 0.1) is 17.5 Å². The number of hydrogen-bond acceptors (Lipinski definition) is 7. The van der Waals surface area contributed by atoms with Crippen LogP contribution in [0, 0.1) is 6.92 Å². The SMILES string of the molecule is CCn1ncc(-c2nc3c(NC4CCCN(S(=O)(=O)CC)C4)ncnc3n2C)c1C. The lowest BCUT2D eigenvalue weighted by Gasteiger charge is -2.32. The lowest BCUT2D eigenvalue weighted by molar-refractivity contribution is 0.327. The molecule has 0 radical (unpaired) electrons. The molecule has 10 nitrogen and oxygen atoms in total. The maximum absolute atomic E-state index is 12.3. The molecule has 1 N–H and O–H groups in total. The van der Waals surface area contributed by atoms with Crippen LogP contribution in [0.5, 0.6) is 0 Å². The molecule has 4 heterocycles. The third-order valence-corrected chi connectivity index (χ3v) is 7.63. The zero-order chi connectivity index (χ0) is 21.5. The van der Waals surface area contributed by atoms with Crippen LogP contribution in [-0.4, -0.2) is 66.9 Å². The summed E-state index contributed by atoms with van der Waals surface area (Å²) in [6.07, 6.45) is 5.04. The van der Waals surface area contributed by atoms with E-state index in [0.717, 1.165) is 42.1 Å². The van der Waals surface area contributed by atoms with Crippen molar-refractivity contribution in [3.05, 3.63) is 18.2 Å². The van der Waals surface area contributed by atoms with Gasteiger partial charge in [0, 0.05) is 38.4 Å². The standard InChI is InChI=1S/C19H28N8O2S/c1-5-27-13(3)15(10-22-27)18-24-16-17(20-12-21-19(16)25(18)4)23-14-8-7-9-26(11-14)30(28,29)6-2/h10,12,14H,5-9,11H2,1-4H3,(H,20,21,23). The molecule has 162 valence electrons.